The first kappa shape index (κ1) is 33.5. The number of nitrogens with two attached hydrogens (primary N) is 1. The number of amides is 3. The van der Waals surface area contributed by atoms with Crippen molar-refractivity contribution >= 4 is 23.9 Å². The Morgan fingerprint density at radius 2 is 1.45 bits per heavy atom. The molecule has 0 aromatic rings. The van der Waals surface area contributed by atoms with Crippen molar-refractivity contribution in [2.75, 3.05) is 6.54 Å². The fourth-order valence-corrected chi connectivity index (χ4v) is 4.80. The van der Waals surface area contributed by atoms with Crippen LogP contribution in [0.1, 0.15) is 90.4 Å². The van der Waals surface area contributed by atoms with Gasteiger partial charge in [0, 0.05) is 6.04 Å². The van der Waals surface area contributed by atoms with Crippen LogP contribution in [0, 0.1) is 11.8 Å². The van der Waals surface area contributed by atoms with Gasteiger partial charge in [0.25, 0.3) is 0 Å². The van der Waals surface area contributed by atoms with Gasteiger partial charge in [0.2, 0.25) is 5.91 Å². The van der Waals surface area contributed by atoms with E-state index in [1.807, 2.05) is 0 Å². The maximum atomic E-state index is 13.0. The number of alkyl halides is 3. The molecule has 13 heteroatoms. The molecule has 0 spiro atoms. The lowest BCUT2D eigenvalue weighted by Gasteiger charge is -2.31. The topological polar surface area (TPSA) is 171 Å². The van der Waals surface area contributed by atoms with Gasteiger partial charge in [-0.3, -0.25) is 4.79 Å². The van der Waals surface area contributed by atoms with E-state index in [-0.39, 0.29) is 11.9 Å². The molecule has 0 aromatic heterocycles. The second kappa shape index (κ2) is 17.1. The van der Waals surface area contributed by atoms with Gasteiger partial charge in [-0.25, -0.2) is 14.4 Å². The summed E-state index contributed by atoms with van der Waals surface area (Å²) in [4.78, 5) is 46.0. The third kappa shape index (κ3) is 13.8. The Morgan fingerprint density at radius 1 is 0.895 bits per heavy atom. The van der Waals surface area contributed by atoms with Crippen molar-refractivity contribution in [2.24, 2.45) is 17.6 Å². The highest BCUT2D eigenvalue weighted by molar-refractivity contribution is 5.89. The van der Waals surface area contributed by atoms with E-state index in [2.05, 4.69) is 22.9 Å². The van der Waals surface area contributed by atoms with Crippen LogP contribution in [0.4, 0.5) is 18.0 Å². The highest BCUT2D eigenvalue weighted by Crippen LogP contribution is 2.28. The summed E-state index contributed by atoms with van der Waals surface area (Å²) < 4.78 is 31.7. The molecule has 3 amide bonds. The molecule has 2 rings (SSSR count). The van der Waals surface area contributed by atoms with Gasteiger partial charge in [0.1, 0.15) is 12.1 Å². The van der Waals surface area contributed by atoms with E-state index < -0.39 is 36.2 Å². The first-order valence-corrected chi connectivity index (χ1v) is 13.4. The first-order chi connectivity index (χ1) is 17.8. The highest BCUT2D eigenvalue weighted by atomic mass is 19.4. The summed E-state index contributed by atoms with van der Waals surface area (Å²) in [6, 6.07) is -2.05. The Morgan fingerprint density at radius 3 is 1.95 bits per heavy atom. The number of rotatable bonds is 11. The number of nitrogens with one attached hydrogen (secondary N) is 3. The number of carbonyl (C=O) groups excluding carboxylic acids is 2. The second-order valence-corrected chi connectivity index (χ2v) is 10.4. The molecule has 7 N–H and O–H groups in total. The van der Waals surface area contributed by atoms with Crippen molar-refractivity contribution in [3.63, 3.8) is 0 Å². The maximum Gasteiger partial charge on any atom is 0.490 e. The number of hydrogen-bond acceptors (Lipinski definition) is 5. The SMILES string of the molecule is CC1CCC(NC(=O)[C@@H](CC2CCCCC2)NC(=O)N[C@@H](CCCCN)C(=O)O)CC1.O=C(O)C(F)(F)F. The number of unbranched alkanes of at least 4 members (excludes halogenated alkanes) is 1. The van der Waals surface area contributed by atoms with E-state index in [9.17, 15) is 32.7 Å². The van der Waals surface area contributed by atoms with Crippen LogP contribution < -0.4 is 21.7 Å². The van der Waals surface area contributed by atoms with Crippen LogP contribution in [-0.2, 0) is 14.4 Å². The third-order valence-electron chi connectivity index (χ3n) is 7.07. The van der Waals surface area contributed by atoms with Gasteiger partial charge >= 0.3 is 24.1 Å². The molecule has 0 heterocycles. The molecule has 38 heavy (non-hydrogen) atoms. The van der Waals surface area contributed by atoms with Gasteiger partial charge in [-0.05, 0) is 69.7 Å². The number of carboxylic acid groups (broad SMARTS) is 2. The first-order valence-electron chi connectivity index (χ1n) is 13.4. The van der Waals surface area contributed by atoms with Gasteiger partial charge in [-0.2, -0.15) is 13.2 Å². The van der Waals surface area contributed by atoms with Gasteiger partial charge in [0.05, 0.1) is 0 Å². The summed E-state index contributed by atoms with van der Waals surface area (Å²) in [5, 5.41) is 25.0. The van der Waals surface area contributed by atoms with Crippen LogP contribution in [0.3, 0.4) is 0 Å². The Labute approximate surface area is 221 Å². The van der Waals surface area contributed by atoms with Gasteiger partial charge in [-0.15, -0.1) is 0 Å². The zero-order valence-electron chi connectivity index (χ0n) is 22.0. The molecule has 220 valence electrons. The Kier molecular flexibility index (Phi) is 15.1. The molecule has 2 saturated carbocycles. The number of carboxylic acids is 2. The van der Waals surface area contributed by atoms with Crippen molar-refractivity contribution in [1.29, 1.82) is 0 Å². The molecule has 2 aliphatic rings. The van der Waals surface area contributed by atoms with Crippen LogP contribution in [0.2, 0.25) is 0 Å². The number of carbonyl (C=O) groups is 4. The molecular weight excluding hydrogens is 509 g/mol. The monoisotopic (exact) mass is 552 g/mol. The van der Waals surface area contributed by atoms with E-state index in [0.717, 1.165) is 51.4 Å². The summed E-state index contributed by atoms with van der Waals surface area (Å²) in [5.74, 6) is -2.86. The minimum absolute atomic E-state index is 0.143. The summed E-state index contributed by atoms with van der Waals surface area (Å²) in [6.45, 7) is 2.73. The predicted molar refractivity (Wildman–Crippen MR) is 134 cm³/mol. The Hall–Kier alpha value is -2.57. The lowest BCUT2D eigenvalue weighted by Crippen LogP contribution is -2.55. The Bertz CT molecular complexity index is 754. The zero-order chi connectivity index (χ0) is 28.7. The third-order valence-corrected chi connectivity index (χ3v) is 7.07. The molecule has 2 aliphatic carbocycles. The standard InChI is InChI=1S/C23H42N4O4.C2HF3O2/c1-16-10-12-18(13-11-16)25-21(28)20(15-17-7-3-2-4-8-17)27-23(31)26-19(22(29)30)9-5-6-14-24;3-2(4,5)1(6)7/h16-20H,2-15,24H2,1H3,(H,25,28)(H,29,30)(H2,26,27,31);(H,6,7)/t16?,18?,19-,20+;/m0./s1. The van der Waals surface area contributed by atoms with Crippen LogP contribution in [0.15, 0.2) is 0 Å². The van der Waals surface area contributed by atoms with E-state index in [1.165, 1.54) is 6.42 Å². The molecule has 0 saturated heterocycles. The van der Waals surface area contributed by atoms with Crippen LogP contribution >= 0.6 is 0 Å². The molecule has 0 aromatic carbocycles. The smallest absolute Gasteiger partial charge is 0.480 e. The fourth-order valence-electron chi connectivity index (χ4n) is 4.80. The fraction of sp³-hybridized carbons (Fsp3) is 0.840. The van der Waals surface area contributed by atoms with Crippen molar-refractivity contribution in [1.82, 2.24) is 16.0 Å². The van der Waals surface area contributed by atoms with Crippen LogP contribution in [-0.4, -0.2) is 64.9 Å². The molecule has 2 fully saturated rings. The average Bonchev–Trinajstić information content (AvgIpc) is 2.85. The summed E-state index contributed by atoms with van der Waals surface area (Å²) in [6.07, 6.45) is 7.02. The van der Waals surface area contributed by atoms with E-state index in [4.69, 9.17) is 15.6 Å². The van der Waals surface area contributed by atoms with Crippen molar-refractivity contribution in [3.8, 4) is 0 Å². The van der Waals surface area contributed by atoms with Gasteiger partial charge in [-0.1, -0.05) is 39.0 Å². The van der Waals surface area contributed by atoms with Crippen LogP contribution in [0.5, 0.6) is 0 Å². The summed E-state index contributed by atoms with van der Waals surface area (Å²) >= 11 is 0. The Balaban J connectivity index is 0.000000905. The molecule has 10 nitrogen and oxygen atoms in total. The van der Waals surface area contributed by atoms with Gasteiger partial charge < -0.3 is 31.9 Å². The molecule has 0 bridgehead atoms. The zero-order valence-corrected chi connectivity index (χ0v) is 22.0. The second-order valence-electron chi connectivity index (χ2n) is 10.4. The van der Waals surface area contributed by atoms with E-state index in [0.29, 0.717) is 44.1 Å². The molecule has 2 atom stereocenters. The van der Waals surface area contributed by atoms with Crippen LogP contribution in [0.25, 0.3) is 0 Å². The summed E-state index contributed by atoms with van der Waals surface area (Å²) in [5.41, 5.74) is 5.47. The molecular formula is C25H43F3N4O6. The van der Waals surface area contributed by atoms with Crippen molar-refractivity contribution in [3.05, 3.63) is 0 Å². The maximum absolute atomic E-state index is 13.0. The summed E-state index contributed by atoms with van der Waals surface area (Å²) in [7, 11) is 0. The molecule has 0 radical (unpaired) electrons. The normalized spacial score (nSPS) is 21.7. The molecule has 0 unspecified atom stereocenters. The minimum atomic E-state index is -5.08. The minimum Gasteiger partial charge on any atom is -0.480 e. The number of hydrogen-bond donors (Lipinski definition) is 6. The number of aliphatic carboxylic acids is 2. The number of urea groups is 1. The highest BCUT2D eigenvalue weighted by Gasteiger charge is 2.38. The van der Waals surface area contributed by atoms with E-state index in [1.54, 1.807) is 0 Å². The number of halogens is 3. The lowest BCUT2D eigenvalue weighted by molar-refractivity contribution is -0.192. The average molecular weight is 553 g/mol. The van der Waals surface area contributed by atoms with E-state index >= 15 is 0 Å². The lowest BCUT2D eigenvalue weighted by atomic mass is 9.84. The van der Waals surface area contributed by atoms with Crippen molar-refractivity contribution < 1.29 is 42.6 Å². The molecule has 0 aliphatic heterocycles. The quantitative estimate of drug-likeness (QED) is 0.213. The van der Waals surface area contributed by atoms with Gasteiger partial charge in [0.15, 0.2) is 0 Å². The predicted octanol–water partition coefficient (Wildman–Crippen LogP) is 3.54. The largest absolute Gasteiger partial charge is 0.490 e. The van der Waals surface area contributed by atoms with Crippen molar-refractivity contribution in [2.45, 2.75) is 115 Å².